The fourth-order valence-electron chi connectivity index (χ4n) is 1.56. The van der Waals surface area contributed by atoms with Crippen LogP contribution >= 0.6 is 23.5 Å². The second kappa shape index (κ2) is 4.60. The van der Waals surface area contributed by atoms with Gasteiger partial charge in [0.15, 0.2) is 5.17 Å². The smallest absolute Gasteiger partial charge is 0.156 e. The van der Waals surface area contributed by atoms with Gasteiger partial charge in [-0.25, -0.2) is 0 Å². The van der Waals surface area contributed by atoms with Gasteiger partial charge in [0.2, 0.25) is 0 Å². The lowest BCUT2D eigenvalue weighted by atomic mass is 10.2. The first kappa shape index (κ1) is 9.71. The van der Waals surface area contributed by atoms with Crippen molar-refractivity contribution < 1.29 is 0 Å². The molecule has 0 aromatic heterocycles. The number of amidine groups is 1. The Morgan fingerprint density at radius 1 is 1.62 bits per heavy atom. The van der Waals surface area contributed by atoms with E-state index in [0.29, 0.717) is 6.04 Å². The van der Waals surface area contributed by atoms with Crippen molar-refractivity contribution in [2.75, 3.05) is 18.1 Å². The molecule has 2 rings (SSSR count). The summed E-state index contributed by atoms with van der Waals surface area (Å²) in [5, 5.41) is 5.35. The summed E-state index contributed by atoms with van der Waals surface area (Å²) in [5.41, 5.74) is 0. The molecule has 0 saturated carbocycles. The van der Waals surface area contributed by atoms with E-state index in [1.54, 1.807) is 0 Å². The maximum absolute atomic E-state index is 4.60. The summed E-state index contributed by atoms with van der Waals surface area (Å²) >= 11 is 3.95. The number of hydrogen-bond donors (Lipinski definition) is 1. The van der Waals surface area contributed by atoms with Crippen LogP contribution in [0.3, 0.4) is 0 Å². The van der Waals surface area contributed by atoms with Gasteiger partial charge in [-0.3, -0.25) is 4.99 Å². The average Bonchev–Trinajstić information content (AvgIpc) is 2.71. The molecule has 0 radical (unpaired) electrons. The Bertz CT molecular complexity index is 200. The zero-order valence-corrected chi connectivity index (χ0v) is 9.59. The number of rotatable bonds is 2. The van der Waals surface area contributed by atoms with Crippen LogP contribution in [-0.2, 0) is 0 Å². The minimum Gasteiger partial charge on any atom is -0.362 e. The first-order chi connectivity index (χ1) is 6.34. The number of thioether (sulfide) groups is 2. The van der Waals surface area contributed by atoms with Gasteiger partial charge in [0.25, 0.3) is 0 Å². The molecule has 2 aliphatic rings. The van der Waals surface area contributed by atoms with Crippen molar-refractivity contribution in [2.45, 2.75) is 31.1 Å². The van der Waals surface area contributed by atoms with Crippen molar-refractivity contribution in [3.63, 3.8) is 0 Å². The molecule has 1 N–H and O–H groups in total. The maximum atomic E-state index is 4.60. The SMILES string of the molecule is CC1CSC(=NCC2CCCS2)N1. The van der Waals surface area contributed by atoms with Gasteiger partial charge in [-0.1, -0.05) is 11.8 Å². The summed E-state index contributed by atoms with van der Waals surface area (Å²) < 4.78 is 0. The van der Waals surface area contributed by atoms with Crippen LogP contribution in [0.5, 0.6) is 0 Å². The first-order valence-corrected chi connectivity index (χ1v) is 6.93. The van der Waals surface area contributed by atoms with Crippen LogP contribution in [0.15, 0.2) is 4.99 Å². The van der Waals surface area contributed by atoms with Gasteiger partial charge in [-0.05, 0) is 25.5 Å². The van der Waals surface area contributed by atoms with E-state index < -0.39 is 0 Å². The van der Waals surface area contributed by atoms with E-state index in [1.807, 2.05) is 11.8 Å². The topological polar surface area (TPSA) is 24.4 Å². The van der Waals surface area contributed by atoms with Crippen molar-refractivity contribution in [1.82, 2.24) is 5.32 Å². The van der Waals surface area contributed by atoms with Gasteiger partial charge in [0, 0.05) is 17.0 Å². The summed E-state index contributed by atoms with van der Waals surface area (Å²) in [5.74, 6) is 2.52. The lowest BCUT2D eigenvalue weighted by molar-refractivity contribution is 0.754. The van der Waals surface area contributed by atoms with Gasteiger partial charge in [-0.15, -0.1) is 0 Å². The Labute approximate surface area is 88.3 Å². The first-order valence-electron chi connectivity index (χ1n) is 4.90. The second-order valence-electron chi connectivity index (χ2n) is 3.64. The highest BCUT2D eigenvalue weighted by Gasteiger charge is 2.18. The molecule has 74 valence electrons. The number of nitrogens with zero attached hydrogens (tertiary/aromatic N) is 1. The van der Waals surface area contributed by atoms with Crippen LogP contribution in [-0.4, -0.2) is 34.5 Å². The second-order valence-corrected chi connectivity index (χ2v) is 6.05. The van der Waals surface area contributed by atoms with Gasteiger partial charge in [0.05, 0.1) is 6.54 Å². The standard InChI is InChI=1S/C9H16N2S2/c1-7-6-13-9(11-7)10-5-8-3-2-4-12-8/h7-8H,2-6H2,1H3,(H,10,11). The van der Waals surface area contributed by atoms with Gasteiger partial charge in [0.1, 0.15) is 0 Å². The van der Waals surface area contributed by atoms with Gasteiger partial charge >= 0.3 is 0 Å². The number of aliphatic imine (C=N–C) groups is 1. The lowest BCUT2D eigenvalue weighted by Gasteiger charge is -2.05. The molecule has 2 saturated heterocycles. The molecule has 0 aromatic rings. The Balaban J connectivity index is 1.76. The molecule has 2 heterocycles. The largest absolute Gasteiger partial charge is 0.362 e. The summed E-state index contributed by atoms with van der Waals surface area (Å²) in [7, 11) is 0. The van der Waals surface area contributed by atoms with Crippen molar-refractivity contribution >= 4 is 28.7 Å². The van der Waals surface area contributed by atoms with Crippen LogP contribution in [0.1, 0.15) is 19.8 Å². The van der Waals surface area contributed by atoms with Gasteiger partial charge < -0.3 is 5.32 Å². The molecule has 0 bridgehead atoms. The van der Waals surface area contributed by atoms with Crippen molar-refractivity contribution in [2.24, 2.45) is 4.99 Å². The lowest BCUT2D eigenvalue weighted by Crippen LogP contribution is -2.23. The molecule has 4 heteroatoms. The van der Waals surface area contributed by atoms with Crippen LogP contribution in [0.25, 0.3) is 0 Å². The normalized spacial score (nSPS) is 36.8. The van der Waals surface area contributed by atoms with E-state index in [9.17, 15) is 0 Å². The molecule has 0 spiro atoms. The van der Waals surface area contributed by atoms with Crippen LogP contribution in [0.2, 0.25) is 0 Å². The minimum absolute atomic E-state index is 0.611. The Kier molecular flexibility index (Phi) is 3.44. The summed E-state index contributed by atoms with van der Waals surface area (Å²) in [6.07, 6.45) is 2.75. The molecular formula is C9H16N2S2. The van der Waals surface area contributed by atoms with Crippen molar-refractivity contribution in [3.05, 3.63) is 0 Å². The van der Waals surface area contributed by atoms with E-state index >= 15 is 0 Å². The molecule has 2 unspecified atom stereocenters. The van der Waals surface area contributed by atoms with E-state index in [4.69, 9.17) is 0 Å². The molecule has 2 fully saturated rings. The molecular weight excluding hydrogens is 200 g/mol. The fraction of sp³-hybridized carbons (Fsp3) is 0.889. The predicted molar refractivity (Wildman–Crippen MR) is 62.8 cm³/mol. The van der Waals surface area contributed by atoms with E-state index in [0.717, 1.165) is 11.8 Å². The number of hydrogen-bond acceptors (Lipinski definition) is 3. The minimum atomic E-state index is 0.611. The van der Waals surface area contributed by atoms with E-state index in [1.165, 1.54) is 29.5 Å². The zero-order chi connectivity index (χ0) is 9.10. The van der Waals surface area contributed by atoms with Crippen LogP contribution in [0.4, 0.5) is 0 Å². The summed E-state index contributed by atoms with van der Waals surface area (Å²) in [6.45, 7) is 3.23. The van der Waals surface area contributed by atoms with Gasteiger partial charge in [-0.2, -0.15) is 11.8 Å². The monoisotopic (exact) mass is 216 g/mol. The van der Waals surface area contributed by atoms with Crippen molar-refractivity contribution in [1.29, 1.82) is 0 Å². The third-order valence-electron chi connectivity index (χ3n) is 2.30. The molecule has 13 heavy (non-hydrogen) atoms. The molecule has 2 nitrogen and oxygen atoms in total. The zero-order valence-electron chi connectivity index (χ0n) is 7.95. The van der Waals surface area contributed by atoms with E-state index in [-0.39, 0.29) is 0 Å². The highest BCUT2D eigenvalue weighted by molar-refractivity contribution is 8.14. The molecule has 0 aromatic carbocycles. The van der Waals surface area contributed by atoms with Crippen LogP contribution < -0.4 is 5.32 Å². The predicted octanol–water partition coefficient (Wildman–Crippen LogP) is 1.96. The molecule has 2 aliphatic heterocycles. The fourth-order valence-corrected chi connectivity index (χ4v) is 3.68. The summed E-state index contributed by atoms with van der Waals surface area (Å²) in [4.78, 5) is 4.60. The third-order valence-corrected chi connectivity index (χ3v) is 4.87. The van der Waals surface area contributed by atoms with Crippen molar-refractivity contribution in [3.8, 4) is 0 Å². The third kappa shape index (κ3) is 2.81. The molecule has 2 atom stereocenters. The quantitative estimate of drug-likeness (QED) is 0.763. The van der Waals surface area contributed by atoms with Crippen LogP contribution in [0, 0.1) is 0 Å². The maximum Gasteiger partial charge on any atom is 0.156 e. The Morgan fingerprint density at radius 2 is 2.54 bits per heavy atom. The summed E-state index contributed by atoms with van der Waals surface area (Å²) in [6, 6.07) is 0.611. The highest BCUT2D eigenvalue weighted by Crippen LogP contribution is 2.26. The number of nitrogens with one attached hydrogen (secondary N) is 1. The molecule has 0 amide bonds. The van der Waals surface area contributed by atoms with E-state index in [2.05, 4.69) is 29.0 Å². The Morgan fingerprint density at radius 3 is 3.15 bits per heavy atom. The average molecular weight is 216 g/mol. The Hall–Kier alpha value is 0.170. The highest BCUT2D eigenvalue weighted by atomic mass is 32.2. The molecule has 0 aliphatic carbocycles.